The summed E-state index contributed by atoms with van der Waals surface area (Å²) in [5, 5.41) is 6.34. The molecule has 8 nitrogen and oxygen atoms in total. The molecular formula is C18H18F3N5O3S. The monoisotopic (exact) mass is 441 g/mol. The molecule has 1 fully saturated rings. The van der Waals surface area contributed by atoms with Crippen molar-refractivity contribution in [3.05, 3.63) is 36.4 Å². The Balaban J connectivity index is 1.83. The van der Waals surface area contributed by atoms with Gasteiger partial charge in [-0.25, -0.2) is 18.1 Å². The fourth-order valence-electron chi connectivity index (χ4n) is 3.21. The number of hydrogen-bond donors (Lipinski definition) is 1. The van der Waals surface area contributed by atoms with Crippen molar-refractivity contribution in [2.24, 2.45) is 0 Å². The Hall–Kier alpha value is -2.91. The number of hydrogen-bond acceptors (Lipinski definition) is 6. The average molecular weight is 441 g/mol. The van der Waals surface area contributed by atoms with Gasteiger partial charge in [0, 0.05) is 6.04 Å². The van der Waals surface area contributed by atoms with E-state index in [-0.39, 0.29) is 36.0 Å². The Morgan fingerprint density at radius 1 is 1.40 bits per heavy atom. The highest BCUT2D eigenvalue weighted by atomic mass is 32.2. The quantitative estimate of drug-likeness (QED) is 0.680. The molecule has 1 aromatic heterocycles. The molecule has 160 valence electrons. The normalized spacial score (nSPS) is 18.3. The van der Waals surface area contributed by atoms with E-state index in [9.17, 15) is 26.4 Å². The number of anilines is 1. The molecule has 1 saturated heterocycles. The number of benzene rings is 1. The smallest absolute Gasteiger partial charge is 0.323 e. The molecule has 0 aliphatic carbocycles. The zero-order valence-electron chi connectivity index (χ0n) is 15.6. The Kier molecular flexibility index (Phi) is 6.14. The van der Waals surface area contributed by atoms with Crippen molar-refractivity contribution in [3.63, 3.8) is 0 Å². The lowest BCUT2D eigenvalue weighted by Crippen LogP contribution is -2.42. The van der Waals surface area contributed by atoms with Crippen LogP contribution in [0.2, 0.25) is 0 Å². The highest BCUT2D eigenvalue weighted by Crippen LogP contribution is 2.33. The number of terminal acetylenes is 1. The second-order valence-electron chi connectivity index (χ2n) is 6.78. The molecular weight excluding hydrogens is 423 g/mol. The van der Waals surface area contributed by atoms with Crippen molar-refractivity contribution >= 4 is 21.4 Å². The first kappa shape index (κ1) is 21.8. The van der Waals surface area contributed by atoms with E-state index in [4.69, 9.17) is 6.42 Å². The molecule has 0 radical (unpaired) electrons. The number of halogens is 3. The minimum Gasteiger partial charge on any atom is -0.323 e. The molecule has 1 N–H and O–H groups in total. The topological polar surface area (TPSA) is 97.2 Å². The Morgan fingerprint density at radius 2 is 2.17 bits per heavy atom. The van der Waals surface area contributed by atoms with Crippen LogP contribution in [0.5, 0.6) is 0 Å². The van der Waals surface area contributed by atoms with Gasteiger partial charge in [0.2, 0.25) is 5.91 Å². The molecule has 1 unspecified atom stereocenters. The van der Waals surface area contributed by atoms with Crippen LogP contribution < -0.4 is 5.32 Å². The fraction of sp³-hybridized carbons (Fsp3) is 0.389. The molecule has 0 bridgehead atoms. The molecule has 2 aromatic rings. The summed E-state index contributed by atoms with van der Waals surface area (Å²) >= 11 is 0. The Bertz CT molecular complexity index is 1060. The first-order valence-corrected chi connectivity index (χ1v) is 10.7. The van der Waals surface area contributed by atoms with E-state index >= 15 is 0 Å². The van der Waals surface area contributed by atoms with Gasteiger partial charge >= 0.3 is 6.18 Å². The fourth-order valence-corrected chi connectivity index (χ4v) is 4.98. The summed E-state index contributed by atoms with van der Waals surface area (Å²) in [6, 6.07) is 2.44. The van der Waals surface area contributed by atoms with Crippen LogP contribution in [-0.4, -0.2) is 64.6 Å². The van der Waals surface area contributed by atoms with Gasteiger partial charge in [0.1, 0.15) is 12.7 Å². The van der Waals surface area contributed by atoms with Gasteiger partial charge in [0.05, 0.1) is 41.5 Å². The zero-order chi connectivity index (χ0) is 21.9. The van der Waals surface area contributed by atoms with E-state index in [1.54, 1.807) is 0 Å². The van der Waals surface area contributed by atoms with E-state index in [2.05, 4.69) is 21.3 Å². The van der Waals surface area contributed by atoms with Crippen LogP contribution in [-0.2, 0) is 20.8 Å². The Morgan fingerprint density at radius 3 is 2.73 bits per heavy atom. The number of carbonyl (C=O) groups is 1. The molecule has 1 amide bonds. The summed E-state index contributed by atoms with van der Waals surface area (Å²) in [6.45, 7) is -0.233. The van der Waals surface area contributed by atoms with Crippen LogP contribution in [0.4, 0.5) is 18.9 Å². The summed E-state index contributed by atoms with van der Waals surface area (Å²) in [5.41, 5.74) is -0.857. The molecule has 0 spiro atoms. The van der Waals surface area contributed by atoms with Gasteiger partial charge in [-0.1, -0.05) is 5.92 Å². The molecule has 3 rings (SSSR count). The van der Waals surface area contributed by atoms with E-state index < -0.39 is 33.5 Å². The van der Waals surface area contributed by atoms with Gasteiger partial charge < -0.3 is 5.32 Å². The van der Waals surface area contributed by atoms with Gasteiger partial charge in [0.25, 0.3) is 0 Å². The number of aromatic nitrogens is 3. The predicted octanol–water partition coefficient (Wildman–Crippen LogP) is 1.35. The minimum absolute atomic E-state index is 0.00440. The van der Waals surface area contributed by atoms with Gasteiger partial charge in [-0.3, -0.25) is 9.69 Å². The van der Waals surface area contributed by atoms with Crippen molar-refractivity contribution in [1.82, 2.24) is 19.7 Å². The van der Waals surface area contributed by atoms with Crippen LogP contribution in [0.25, 0.3) is 5.69 Å². The maximum atomic E-state index is 13.1. The molecule has 1 atom stereocenters. The molecule has 30 heavy (non-hydrogen) atoms. The number of rotatable bonds is 6. The van der Waals surface area contributed by atoms with Crippen LogP contribution >= 0.6 is 0 Å². The second-order valence-corrected chi connectivity index (χ2v) is 9.01. The lowest BCUT2D eigenvalue weighted by molar-refractivity contribution is -0.137. The lowest BCUT2D eigenvalue weighted by atomic mass is 10.1. The largest absolute Gasteiger partial charge is 0.416 e. The zero-order valence-corrected chi connectivity index (χ0v) is 16.4. The van der Waals surface area contributed by atoms with Crippen molar-refractivity contribution in [2.45, 2.75) is 18.6 Å². The van der Waals surface area contributed by atoms with Gasteiger partial charge in [-0.15, -0.1) is 6.42 Å². The summed E-state index contributed by atoms with van der Waals surface area (Å²) < 4.78 is 64.1. The first-order chi connectivity index (χ1) is 14.1. The van der Waals surface area contributed by atoms with Crippen LogP contribution in [0.1, 0.15) is 12.0 Å². The minimum atomic E-state index is -4.60. The molecule has 12 heteroatoms. The number of nitrogens with one attached hydrogen (secondary N) is 1. The van der Waals surface area contributed by atoms with Gasteiger partial charge in [0.15, 0.2) is 9.84 Å². The number of nitrogens with zero attached hydrogens (tertiary/aromatic N) is 4. The number of carbonyl (C=O) groups excluding carboxylic acids is 1. The van der Waals surface area contributed by atoms with Gasteiger partial charge in [-0.2, -0.15) is 18.3 Å². The molecule has 2 heterocycles. The number of amides is 1. The number of alkyl halides is 3. The van der Waals surface area contributed by atoms with Crippen LogP contribution in [0, 0.1) is 12.3 Å². The first-order valence-electron chi connectivity index (χ1n) is 8.83. The van der Waals surface area contributed by atoms with E-state index in [1.807, 2.05) is 0 Å². The molecule has 1 aliphatic rings. The van der Waals surface area contributed by atoms with E-state index in [1.165, 1.54) is 28.3 Å². The lowest BCUT2D eigenvalue weighted by Gasteiger charge is -2.25. The van der Waals surface area contributed by atoms with Crippen molar-refractivity contribution in [2.75, 3.05) is 29.9 Å². The summed E-state index contributed by atoms with van der Waals surface area (Å²) in [4.78, 5) is 17.9. The highest BCUT2D eigenvalue weighted by Gasteiger charge is 2.34. The van der Waals surface area contributed by atoms with Crippen LogP contribution in [0.15, 0.2) is 30.9 Å². The third-order valence-corrected chi connectivity index (χ3v) is 6.38. The summed E-state index contributed by atoms with van der Waals surface area (Å²) in [5.74, 6) is 1.64. The van der Waals surface area contributed by atoms with Crippen molar-refractivity contribution < 1.29 is 26.4 Å². The maximum absolute atomic E-state index is 13.1. The molecule has 1 aromatic carbocycles. The van der Waals surface area contributed by atoms with E-state index in [0.717, 1.165) is 12.1 Å². The van der Waals surface area contributed by atoms with Crippen molar-refractivity contribution in [1.29, 1.82) is 0 Å². The third kappa shape index (κ3) is 5.17. The number of sulfone groups is 1. The Labute approximate surface area is 171 Å². The third-order valence-electron chi connectivity index (χ3n) is 4.63. The second kappa shape index (κ2) is 8.45. The average Bonchev–Trinajstić information content (AvgIpc) is 3.30. The highest BCUT2D eigenvalue weighted by molar-refractivity contribution is 7.91. The van der Waals surface area contributed by atoms with Crippen LogP contribution in [0.3, 0.4) is 0 Å². The molecule has 0 saturated carbocycles. The van der Waals surface area contributed by atoms with Crippen molar-refractivity contribution in [3.8, 4) is 18.0 Å². The molecule has 1 aliphatic heterocycles. The standard InChI is InChI=1S/C18H18F3N5O3S/c1-2-6-25(14-5-7-30(28,29)10-14)9-17(27)24-15-8-13(18(19,20)21)3-4-16(15)26-12-22-11-23-26/h1,3-4,8,11-12,14H,5-7,9-10H2,(H,24,27). The van der Waals surface area contributed by atoms with E-state index in [0.29, 0.717) is 6.42 Å². The summed E-state index contributed by atoms with van der Waals surface area (Å²) in [7, 11) is -3.20. The predicted molar refractivity (Wildman–Crippen MR) is 102 cm³/mol. The maximum Gasteiger partial charge on any atom is 0.416 e. The van der Waals surface area contributed by atoms with Gasteiger partial charge in [-0.05, 0) is 24.6 Å². The summed E-state index contributed by atoms with van der Waals surface area (Å²) in [6.07, 6.45) is 3.56. The SMILES string of the molecule is C#CCN(CC(=O)Nc1cc(C(F)(F)F)ccc1-n1cncn1)C1CCS(=O)(=O)C1.